The molecule has 2 amide bonds. The van der Waals surface area contributed by atoms with E-state index >= 15 is 0 Å². The zero-order chi connectivity index (χ0) is 24.8. The van der Waals surface area contributed by atoms with Crippen LogP contribution in [0.25, 0.3) is 0 Å². The molecule has 2 fully saturated rings. The van der Waals surface area contributed by atoms with E-state index in [0.29, 0.717) is 25.7 Å². The molecule has 0 unspecified atom stereocenters. The fraction of sp³-hybridized carbons (Fsp3) is 0.348. The van der Waals surface area contributed by atoms with Crippen molar-refractivity contribution in [1.29, 1.82) is 10.5 Å². The van der Waals surface area contributed by atoms with Gasteiger partial charge in [0.05, 0.1) is 46.5 Å². The summed E-state index contributed by atoms with van der Waals surface area (Å²) in [5.74, 6) is 0. The average Bonchev–Trinajstić information content (AvgIpc) is 3.08. The number of nitriles is 2. The first-order chi connectivity index (χ1) is 16.0. The molecule has 2 aliphatic rings. The number of anilines is 2. The summed E-state index contributed by atoms with van der Waals surface area (Å²) >= 11 is 0. The summed E-state index contributed by atoms with van der Waals surface area (Å²) in [6.45, 7) is 0. The second-order valence-electron chi connectivity index (χ2n) is 8.12. The smallest absolute Gasteiger partial charge is 0.289 e. The minimum atomic E-state index is -4.83. The third kappa shape index (κ3) is 3.92. The number of benzene rings is 2. The summed E-state index contributed by atoms with van der Waals surface area (Å²) in [5.41, 5.74) is -3.74. The monoisotopic (exact) mass is 478 g/mol. The maximum Gasteiger partial charge on any atom is 0.417 e. The second-order valence-corrected chi connectivity index (χ2v) is 8.12. The van der Waals surface area contributed by atoms with Gasteiger partial charge in [-0.25, -0.2) is 4.79 Å². The maximum absolute atomic E-state index is 13.5. The minimum Gasteiger partial charge on any atom is -0.289 e. The standard InChI is InChI=1S/C23H16F6N4O/c24-22(25,26)17-9-15(7-5-13(17)11-30)32-19-3-1-2-4-20(19)33(21(32)34)16-8-6-14(12-31)18(10-16)23(27,28)29/h5-10,19-20H,1-4H2/t19-,20-/m1/s1. The lowest BCUT2D eigenvalue weighted by Crippen LogP contribution is -2.40. The number of carbonyl (C=O) groups is 1. The summed E-state index contributed by atoms with van der Waals surface area (Å²) < 4.78 is 81.0. The molecule has 1 aliphatic carbocycles. The van der Waals surface area contributed by atoms with Crippen LogP contribution in [0.3, 0.4) is 0 Å². The van der Waals surface area contributed by atoms with Crippen molar-refractivity contribution < 1.29 is 31.1 Å². The molecule has 2 aromatic rings. The van der Waals surface area contributed by atoms with Gasteiger partial charge in [0.1, 0.15) is 0 Å². The summed E-state index contributed by atoms with van der Waals surface area (Å²) in [7, 11) is 0. The van der Waals surface area contributed by atoms with E-state index < -0.39 is 52.7 Å². The number of hydrogen-bond donors (Lipinski definition) is 0. The Labute approximate surface area is 190 Å². The maximum atomic E-state index is 13.5. The van der Waals surface area contributed by atoms with Gasteiger partial charge in [0.2, 0.25) is 0 Å². The van der Waals surface area contributed by atoms with Crippen LogP contribution in [-0.2, 0) is 12.4 Å². The van der Waals surface area contributed by atoms with E-state index in [1.165, 1.54) is 34.1 Å². The highest BCUT2D eigenvalue weighted by atomic mass is 19.4. The Morgan fingerprint density at radius 2 is 1.12 bits per heavy atom. The van der Waals surface area contributed by atoms with Crippen LogP contribution in [0.1, 0.15) is 47.9 Å². The lowest BCUT2D eigenvalue weighted by atomic mass is 9.89. The molecule has 176 valence electrons. The Bertz CT molecular complexity index is 1130. The van der Waals surface area contributed by atoms with E-state index in [1.807, 2.05) is 0 Å². The highest BCUT2D eigenvalue weighted by Gasteiger charge is 2.49. The van der Waals surface area contributed by atoms with Crippen LogP contribution in [0.2, 0.25) is 0 Å². The van der Waals surface area contributed by atoms with Gasteiger partial charge in [0, 0.05) is 11.4 Å². The quantitative estimate of drug-likeness (QED) is 0.481. The average molecular weight is 478 g/mol. The molecule has 0 aromatic heterocycles. The van der Waals surface area contributed by atoms with Gasteiger partial charge in [-0.05, 0) is 49.2 Å². The summed E-state index contributed by atoms with van der Waals surface area (Å²) in [6.07, 6.45) is -7.35. The lowest BCUT2D eigenvalue weighted by Gasteiger charge is -2.32. The molecule has 11 heteroatoms. The highest BCUT2D eigenvalue weighted by Crippen LogP contribution is 2.43. The molecular formula is C23H16F6N4O. The van der Waals surface area contributed by atoms with Gasteiger partial charge < -0.3 is 0 Å². The van der Waals surface area contributed by atoms with E-state index in [0.717, 1.165) is 24.3 Å². The molecule has 1 aliphatic heterocycles. The number of alkyl halides is 6. The van der Waals surface area contributed by atoms with E-state index in [9.17, 15) is 31.1 Å². The minimum absolute atomic E-state index is 0.0829. The number of hydrogen-bond acceptors (Lipinski definition) is 3. The Kier molecular flexibility index (Phi) is 5.68. The van der Waals surface area contributed by atoms with Gasteiger partial charge in [-0.1, -0.05) is 12.8 Å². The molecular weight excluding hydrogens is 462 g/mol. The van der Waals surface area contributed by atoms with Crippen molar-refractivity contribution in [2.45, 2.75) is 50.1 Å². The van der Waals surface area contributed by atoms with Crippen molar-refractivity contribution in [3.63, 3.8) is 0 Å². The van der Waals surface area contributed by atoms with E-state index in [4.69, 9.17) is 10.5 Å². The predicted molar refractivity (Wildman–Crippen MR) is 109 cm³/mol. The Morgan fingerprint density at radius 3 is 1.44 bits per heavy atom. The molecule has 1 saturated heterocycles. The predicted octanol–water partition coefficient (Wildman–Crippen LogP) is 6.23. The van der Waals surface area contributed by atoms with Crippen molar-refractivity contribution in [1.82, 2.24) is 0 Å². The van der Waals surface area contributed by atoms with Gasteiger partial charge in [-0.15, -0.1) is 0 Å². The van der Waals surface area contributed by atoms with Gasteiger partial charge in [-0.3, -0.25) is 9.80 Å². The van der Waals surface area contributed by atoms with Crippen LogP contribution in [0.5, 0.6) is 0 Å². The van der Waals surface area contributed by atoms with Gasteiger partial charge >= 0.3 is 18.4 Å². The first-order valence-corrected chi connectivity index (χ1v) is 10.3. The van der Waals surface area contributed by atoms with E-state index in [-0.39, 0.29) is 11.4 Å². The Hall–Kier alpha value is -3.73. The highest BCUT2D eigenvalue weighted by molar-refractivity contribution is 6.07. The zero-order valence-corrected chi connectivity index (χ0v) is 17.4. The van der Waals surface area contributed by atoms with E-state index in [1.54, 1.807) is 0 Å². The third-order valence-corrected chi connectivity index (χ3v) is 6.18. The number of urea groups is 1. The van der Waals surface area contributed by atoms with Gasteiger partial charge in [-0.2, -0.15) is 36.9 Å². The molecule has 0 spiro atoms. The van der Waals surface area contributed by atoms with E-state index in [2.05, 4.69) is 0 Å². The topological polar surface area (TPSA) is 71.1 Å². The Morgan fingerprint density at radius 1 is 0.735 bits per heavy atom. The number of amides is 2. The normalized spacial score (nSPS) is 20.6. The molecule has 2 atom stereocenters. The van der Waals surface area contributed by atoms with Crippen LogP contribution in [0, 0.1) is 22.7 Å². The van der Waals surface area contributed by atoms with Crippen LogP contribution in [0.15, 0.2) is 36.4 Å². The SMILES string of the molecule is N#Cc1ccc(N2C(=O)N(c3ccc(C#N)c(C(F)(F)F)c3)[C@@H]3CCCC[C@H]32)cc1C(F)(F)F. The summed E-state index contributed by atoms with van der Waals surface area (Å²) in [4.78, 5) is 15.8. The molecule has 5 nitrogen and oxygen atoms in total. The molecule has 0 bridgehead atoms. The number of nitrogens with zero attached hydrogens (tertiary/aromatic N) is 4. The summed E-state index contributed by atoms with van der Waals surface area (Å²) in [6, 6.07) is 7.00. The zero-order valence-electron chi connectivity index (χ0n) is 17.4. The third-order valence-electron chi connectivity index (χ3n) is 6.18. The summed E-state index contributed by atoms with van der Waals surface area (Å²) in [5, 5.41) is 18.1. The van der Waals surface area contributed by atoms with Crippen LogP contribution in [0.4, 0.5) is 42.5 Å². The van der Waals surface area contributed by atoms with Crippen molar-refractivity contribution in [2.75, 3.05) is 9.80 Å². The molecule has 2 aromatic carbocycles. The van der Waals surface area contributed by atoms with Crippen molar-refractivity contribution in [3.05, 3.63) is 58.7 Å². The van der Waals surface area contributed by atoms with Gasteiger partial charge in [0.15, 0.2) is 0 Å². The number of rotatable bonds is 2. The fourth-order valence-electron chi connectivity index (χ4n) is 4.73. The Balaban J connectivity index is 1.82. The van der Waals surface area contributed by atoms with Crippen LogP contribution < -0.4 is 9.80 Å². The molecule has 34 heavy (non-hydrogen) atoms. The van der Waals surface area contributed by atoms with Crippen molar-refractivity contribution >= 4 is 17.4 Å². The van der Waals surface area contributed by atoms with Crippen molar-refractivity contribution in [2.24, 2.45) is 0 Å². The first kappa shape index (κ1) is 23.4. The molecule has 1 saturated carbocycles. The molecule has 1 heterocycles. The lowest BCUT2D eigenvalue weighted by molar-refractivity contribution is -0.138. The molecule has 0 N–H and O–H groups in total. The number of carbonyl (C=O) groups excluding carboxylic acids is 1. The number of halogens is 6. The van der Waals surface area contributed by atoms with Gasteiger partial charge in [0.25, 0.3) is 0 Å². The molecule has 0 radical (unpaired) electrons. The fourth-order valence-corrected chi connectivity index (χ4v) is 4.73. The van der Waals surface area contributed by atoms with Crippen LogP contribution >= 0.6 is 0 Å². The van der Waals surface area contributed by atoms with Crippen LogP contribution in [-0.4, -0.2) is 18.1 Å². The first-order valence-electron chi connectivity index (χ1n) is 10.3. The van der Waals surface area contributed by atoms with Crippen molar-refractivity contribution in [3.8, 4) is 12.1 Å². The second kappa shape index (κ2) is 8.24. The number of fused-ring (bicyclic) bond motifs is 1. The molecule has 4 rings (SSSR count). The largest absolute Gasteiger partial charge is 0.417 e.